The zero-order valence-corrected chi connectivity index (χ0v) is 4.27. The number of nitrogens with zero attached hydrogens (tertiary/aromatic N) is 1. The summed E-state index contributed by atoms with van der Waals surface area (Å²) in [4.78, 5) is 4.03. The van der Waals surface area contributed by atoms with Gasteiger partial charge in [-0.1, -0.05) is 5.16 Å². The minimum atomic E-state index is -4.33. The molecule has 9 heavy (non-hydrogen) atoms. The van der Waals surface area contributed by atoms with Crippen LogP contribution in [0.5, 0.6) is 0 Å². The summed E-state index contributed by atoms with van der Waals surface area (Å²) in [5.74, 6) is 0. The van der Waals surface area contributed by atoms with E-state index in [1.54, 1.807) is 0 Å². The van der Waals surface area contributed by atoms with Crippen LogP contribution in [-0.4, -0.2) is 11.9 Å². The predicted molar refractivity (Wildman–Crippen MR) is 23.5 cm³/mol. The van der Waals surface area contributed by atoms with Crippen molar-refractivity contribution in [2.45, 2.75) is 12.6 Å². The normalized spacial score (nSPS) is 19.2. The van der Waals surface area contributed by atoms with Gasteiger partial charge in [0.05, 0.1) is 0 Å². The van der Waals surface area contributed by atoms with Crippen molar-refractivity contribution in [2.24, 2.45) is 5.16 Å². The Morgan fingerprint density at radius 2 is 2.22 bits per heavy atom. The van der Waals surface area contributed by atoms with Crippen LogP contribution >= 0.6 is 0 Å². The van der Waals surface area contributed by atoms with Crippen LogP contribution in [0.3, 0.4) is 0 Å². The smallest absolute Gasteiger partial charge is 0.388 e. The molecule has 0 amide bonds. The lowest BCUT2D eigenvalue weighted by Gasteiger charge is -2.00. The molecular formula is C4H3F3NO. The van der Waals surface area contributed by atoms with E-state index >= 15 is 0 Å². The number of alkyl halides is 3. The van der Waals surface area contributed by atoms with Crippen LogP contribution < -0.4 is 0 Å². The quantitative estimate of drug-likeness (QED) is 0.496. The highest BCUT2D eigenvalue weighted by molar-refractivity contribution is 5.90. The molecule has 1 radical (unpaired) electrons. The highest BCUT2D eigenvalue weighted by Crippen LogP contribution is 2.23. The average Bonchev–Trinajstić information content (AvgIpc) is 2.08. The summed E-state index contributed by atoms with van der Waals surface area (Å²) < 4.78 is 34.6. The Labute approximate surface area is 49.3 Å². The minimum Gasteiger partial charge on any atom is -0.388 e. The minimum absolute atomic E-state index is 0.247. The van der Waals surface area contributed by atoms with E-state index in [-0.39, 0.29) is 6.42 Å². The van der Waals surface area contributed by atoms with Crippen LogP contribution in [0.2, 0.25) is 0 Å². The zero-order valence-electron chi connectivity index (χ0n) is 4.27. The van der Waals surface area contributed by atoms with Gasteiger partial charge in [-0.25, -0.2) is 0 Å². The molecule has 2 nitrogen and oxygen atoms in total. The standard InChI is InChI=1S/C4H3F3NO/c5-4(6,7)3-1-2-9-8-3/h2H,1H2. The van der Waals surface area contributed by atoms with Crippen LogP contribution in [0.25, 0.3) is 0 Å². The van der Waals surface area contributed by atoms with Gasteiger partial charge in [-0.2, -0.15) is 13.2 Å². The summed E-state index contributed by atoms with van der Waals surface area (Å²) in [7, 11) is 0. The van der Waals surface area contributed by atoms with Crippen LogP contribution in [-0.2, 0) is 4.84 Å². The van der Waals surface area contributed by atoms with Crippen molar-refractivity contribution in [3.05, 3.63) is 6.61 Å². The fraction of sp³-hybridized carbons (Fsp3) is 0.500. The van der Waals surface area contributed by atoms with Gasteiger partial charge in [0.1, 0.15) is 0 Å². The fourth-order valence-corrected chi connectivity index (χ4v) is 0.422. The summed E-state index contributed by atoms with van der Waals surface area (Å²) in [5.41, 5.74) is -0.873. The summed E-state index contributed by atoms with van der Waals surface area (Å²) in [6.07, 6.45) is -4.57. The van der Waals surface area contributed by atoms with Crippen molar-refractivity contribution in [1.82, 2.24) is 0 Å². The number of hydrogen-bond donors (Lipinski definition) is 0. The van der Waals surface area contributed by atoms with Gasteiger partial charge in [0.15, 0.2) is 12.3 Å². The molecule has 51 valence electrons. The van der Waals surface area contributed by atoms with Gasteiger partial charge in [-0.15, -0.1) is 0 Å². The van der Waals surface area contributed by atoms with Crippen LogP contribution in [0.15, 0.2) is 5.16 Å². The van der Waals surface area contributed by atoms with E-state index in [0.29, 0.717) is 0 Å². The van der Waals surface area contributed by atoms with Gasteiger partial charge >= 0.3 is 6.18 Å². The molecule has 5 heteroatoms. The molecular weight excluding hydrogens is 135 g/mol. The Kier molecular flexibility index (Phi) is 1.34. The van der Waals surface area contributed by atoms with Crippen molar-refractivity contribution < 1.29 is 18.0 Å². The van der Waals surface area contributed by atoms with Crippen molar-refractivity contribution in [1.29, 1.82) is 0 Å². The molecule has 0 atom stereocenters. The molecule has 0 unspecified atom stereocenters. The van der Waals surface area contributed by atoms with Crippen molar-refractivity contribution in [2.75, 3.05) is 0 Å². The second-order valence-corrected chi connectivity index (χ2v) is 1.51. The van der Waals surface area contributed by atoms with Gasteiger partial charge < -0.3 is 4.84 Å². The third-order valence-electron chi connectivity index (χ3n) is 0.841. The van der Waals surface area contributed by atoms with Crippen molar-refractivity contribution in [3.63, 3.8) is 0 Å². The Morgan fingerprint density at radius 1 is 1.56 bits per heavy atom. The number of oxime groups is 1. The van der Waals surface area contributed by atoms with E-state index in [2.05, 4.69) is 9.99 Å². The summed E-state index contributed by atoms with van der Waals surface area (Å²) >= 11 is 0. The first-order chi connectivity index (χ1) is 4.11. The third kappa shape index (κ3) is 1.34. The molecule has 0 aliphatic carbocycles. The molecule has 0 saturated heterocycles. The zero-order chi connectivity index (χ0) is 6.91. The Hall–Kier alpha value is -0.740. The molecule has 0 fully saturated rings. The topological polar surface area (TPSA) is 21.6 Å². The van der Waals surface area contributed by atoms with E-state index in [1.807, 2.05) is 0 Å². The number of rotatable bonds is 0. The first kappa shape index (κ1) is 6.38. The Morgan fingerprint density at radius 3 is 2.44 bits per heavy atom. The molecule has 0 aromatic carbocycles. The number of halogens is 3. The molecule has 0 spiro atoms. The van der Waals surface area contributed by atoms with Gasteiger partial charge in [0.2, 0.25) is 0 Å². The average molecular weight is 138 g/mol. The predicted octanol–water partition coefficient (Wildman–Crippen LogP) is 1.49. The molecule has 0 saturated carbocycles. The van der Waals surface area contributed by atoms with Crippen LogP contribution in [0, 0.1) is 6.61 Å². The summed E-state index contributed by atoms with van der Waals surface area (Å²) in [6, 6.07) is 0. The highest BCUT2D eigenvalue weighted by Gasteiger charge is 2.38. The van der Waals surface area contributed by atoms with Gasteiger partial charge in [0, 0.05) is 6.42 Å². The first-order valence-electron chi connectivity index (χ1n) is 2.22. The number of hydrogen-bond acceptors (Lipinski definition) is 2. The lowest BCUT2D eigenvalue weighted by Crippen LogP contribution is -2.20. The fourth-order valence-electron chi connectivity index (χ4n) is 0.422. The SMILES string of the molecule is FC(F)(F)C1=NO[CH]C1. The van der Waals surface area contributed by atoms with Gasteiger partial charge in [-0.3, -0.25) is 0 Å². The molecule has 0 N–H and O–H groups in total. The van der Waals surface area contributed by atoms with Crippen LogP contribution in [0.4, 0.5) is 13.2 Å². The summed E-state index contributed by atoms with van der Waals surface area (Å²) in [5, 5.41) is 2.74. The van der Waals surface area contributed by atoms with Crippen LogP contribution in [0.1, 0.15) is 6.42 Å². The van der Waals surface area contributed by atoms with Gasteiger partial charge in [-0.05, 0) is 0 Å². The van der Waals surface area contributed by atoms with Crippen molar-refractivity contribution >= 4 is 5.71 Å². The first-order valence-corrected chi connectivity index (χ1v) is 2.22. The molecule has 1 aliphatic rings. The second kappa shape index (κ2) is 1.89. The van der Waals surface area contributed by atoms with E-state index in [4.69, 9.17) is 0 Å². The molecule has 1 heterocycles. The van der Waals surface area contributed by atoms with E-state index < -0.39 is 11.9 Å². The molecule has 1 aliphatic heterocycles. The second-order valence-electron chi connectivity index (χ2n) is 1.51. The maximum Gasteiger partial charge on any atom is 0.432 e. The lowest BCUT2D eigenvalue weighted by atomic mass is 10.3. The maximum absolute atomic E-state index is 11.5. The molecule has 0 aromatic rings. The molecule has 0 bridgehead atoms. The Bertz CT molecular complexity index is 139. The molecule has 0 aromatic heterocycles. The van der Waals surface area contributed by atoms with Gasteiger partial charge in [0.25, 0.3) is 0 Å². The summed E-state index contributed by atoms with van der Waals surface area (Å²) in [6.45, 7) is 1.00. The van der Waals surface area contributed by atoms with E-state index in [0.717, 1.165) is 6.61 Å². The van der Waals surface area contributed by atoms with Crippen molar-refractivity contribution in [3.8, 4) is 0 Å². The Balaban J connectivity index is 2.61. The van der Waals surface area contributed by atoms with E-state index in [1.165, 1.54) is 0 Å². The third-order valence-corrected chi connectivity index (χ3v) is 0.841. The monoisotopic (exact) mass is 138 g/mol. The van der Waals surface area contributed by atoms with E-state index in [9.17, 15) is 13.2 Å². The highest BCUT2D eigenvalue weighted by atomic mass is 19.4. The largest absolute Gasteiger partial charge is 0.432 e. The maximum atomic E-state index is 11.5. The molecule has 1 rings (SSSR count). The lowest BCUT2D eigenvalue weighted by molar-refractivity contribution is -0.0604.